The predicted octanol–water partition coefficient (Wildman–Crippen LogP) is 2.04. The maximum atomic E-state index is 4.47. The molecule has 1 fully saturated rings. The van der Waals surface area contributed by atoms with Crippen LogP contribution in [0.1, 0.15) is 12.8 Å². The van der Waals surface area contributed by atoms with E-state index in [1.54, 1.807) is 11.8 Å². The summed E-state index contributed by atoms with van der Waals surface area (Å²) in [5, 5.41) is 6.05. The molecule has 1 aliphatic rings. The minimum Gasteiger partial charge on any atom is -0.316 e. The van der Waals surface area contributed by atoms with Crippen LogP contribution in [0.5, 0.6) is 0 Å². The number of hydrogen-bond donors (Lipinski definition) is 1. The molecule has 1 saturated heterocycles. The van der Waals surface area contributed by atoms with Crippen molar-refractivity contribution in [2.75, 3.05) is 19.3 Å². The lowest BCUT2D eigenvalue weighted by Gasteiger charge is -2.21. The molecule has 0 amide bonds. The number of hydrogen-bond acceptors (Lipinski definition) is 5. The molecule has 3 nitrogen and oxygen atoms in total. The van der Waals surface area contributed by atoms with Gasteiger partial charge in [-0.2, -0.15) is 0 Å². The van der Waals surface area contributed by atoms with Crippen molar-refractivity contribution in [1.29, 1.82) is 0 Å². The fourth-order valence-corrected chi connectivity index (χ4v) is 3.10. The fraction of sp³-hybridized carbons (Fsp3) is 0.600. The molecular formula is C10H15N3S2. The molecule has 2 heterocycles. The summed E-state index contributed by atoms with van der Waals surface area (Å²) in [4.78, 5) is 8.65. The smallest absolute Gasteiger partial charge is 0.188 e. The maximum absolute atomic E-state index is 4.47. The van der Waals surface area contributed by atoms with Crippen molar-refractivity contribution in [1.82, 2.24) is 15.3 Å². The van der Waals surface area contributed by atoms with Crippen molar-refractivity contribution < 1.29 is 0 Å². The van der Waals surface area contributed by atoms with Crippen LogP contribution in [0.3, 0.4) is 0 Å². The van der Waals surface area contributed by atoms with Gasteiger partial charge in [0.15, 0.2) is 5.16 Å². The monoisotopic (exact) mass is 241 g/mol. The molecule has 0 unspecified atom stereocenters. The third-order valence-corrected chi connectivity index (χ3v) is 4.10. The standard InChI is InChI=1S/C10H15N3S2/c1-14-10-12-6-4-9(13-10)15-8-3-2-5-11-7-8/h4,6,8,11H,2-3,5,7H2,1H3/t8-/m1/s1. The van der Waals surface area contributed by atoms with E-state index in [-0.39, 0.29) is 0 Å². The van der Waals surface area contributed by atoms with Gasteiger partial charge in [-0.1, -0.05) is 11.8 Å². The van der Waals surface area contributed by atoms with E-state index in [1.165, 1.54) is 12.8 Å². The van der Waals surface area contributed by atoms with Gasteiger partial charge in [-0.3, -0.25) is 0 Å². The Hall–Kier alpha value is -0.260. The lowest BCUT2D eigenvalue weighted by molar-refractivity contribution is 0.531. The second-order valence-electron chi connectivity index (χ2n) is 3.47. The second kappa shape index (κ2) is 5.72. The maximum Gasteiger partial charge on any atom is 0.188 e. The summed E-state index contributed by atoms with van der Waals surface area (Å²) in [5.74, 6) is 0. The van der Waals surface area contributed by atoms with Gasteiger partial charge in [-0.15, -0.1) is 11.8 Å². The van der Waals surface area contributed by atoms with Gasteiger partial charge >= 0.3 is 0 Å². The number of aromatic nitrogens is 2. The van der Waals surface area contributed by atoms with E-state index in [0.717, 1.165) is 23.3 Å². The molecule has 0 saturated carbocycles. The van der Waals surface area contributed by atoms with E-state index in [9.17, 15) is 0 Å². The SMILES string of the molecule is CSc1nccc(S[C@@H]2CCCNC2)n1. The zero-order chi connectivity index (χ0) is 10.5. The first kappa shape index (κ1) is 11.2. The zero-order valence-electron chi connectivity index (χ0n) is 8.77. The first-order valence-corrected chi connectivity index (χ1v) is 7.23. The molecule has 0 bridgehead atoms. The van der Waals surface area contributed by atoms with Crippen LogP contribution in [0.2, 0.25) is 0 Å². The molecule has 0 spiro atoms. The predicted molar refractivity (Wildman–Crippen MR) is 65.6 cm³/mol. The minimum absolute atomic E-state index is 0.670. The summed E-state index contributed by atoms with van der Waals surface area (Å²) in [7, 11) is 0. The van der Waals surface area contributed by atoms with Gasteiger partial charge in [0.05, 0.1) is 0 Å². The lowest BCUT2D eigenvalue weighted by Crippen LogP contribution is -2.31. The van der Waals surface area contributed by atoms with Crippen LogP contribution in [0, 0.1) is 0 Å². The van der Waals surface area contributed by atoms with Crippen LogP contribution in [0.15, 0.2) is 22.4 Å². The highest BCUT2D eigenvalue weighted by Gasteiger charge is 2.14. The van der Waals surface area contributed by atoms with Gasteiger partial charge in [0.25, 0.3) is 0 Å². The molecule has 5 heteroatoms. The minimum atomic E-state index is 0.670. The zero-order valence-corrected chi connectivity index (χ0v) is 10.4. The molecule has 2 rings (SSSR count). The highest BCUT2D eigenvalue weighted by molar-refractivity contribution is 8.00. The van der Waals surface area contributed by atoms with Crippen LogP contribution >= 0.6 is 23.5 Å². The van der Waals surface area contributed by atoms with Gasteiger partial charge in [0.2, 0.25) is 0 Å². The summed E-state index contributed by atoms with van der Waals surface area (Å²) in [6.45, 7) is 2.26. The van der Waals surface area contributed by atoms with E-state index < -0.39 is 0 Å². The Morgan fingerprint density at radius 2 is 2.47 bits per heavy atom. The first-order chi connectivity index (χ1) is 7.38. The van der Waals surface area contributed by atoms with Crippen molar-refractivity contribution >= 4 is 23.5 Å². The lowest BCUT2D eigenvalue weighted by atomic mass is 10.2. The van der Waals surface area contributed by atoms with E-state index in [0.29, 0.717) is 5.25 Å². The van der Waals surface area contributed by atoms with Crippen molar-refractivity contribution in [2.45, 2.75) is 28.3 Å². The second-order valence-corrected chi connectivity index (χ2v) is 5.56. The molecule has 1 N–H and O–H groups in total. The largest absolute Gasteiger partial charge is 0.316 e. The van der Waals surface area contributed by atoms with E-state index >= 15 is 0 Å². The Bertz CT molecular complexity index is 313. The molecule has 1 aliphatic heterocycles. The van der Waals surface area contributed by atoms with E-state index in [2.05, 4.69) is 15.3 Å². The number of piperidine rings is 1. The van der Waals surface area contributed by atoms with Crippen molar-refractivity contribution in [3.05, 3.63) is 12.3 Å². The number of thioether (sulfide) groups is 2. The normalized spacial score (nSPS) is 21.5. The van der Waals surface area contributed by atoms with Gasteiger partial charge in [-0.05, 0) is 31.7 Å². The molecule has 1 aromatic rings. The topological polar surface area (TPSA) is 37.8 Å². The van der Waals surface area contributed by atoms with Crippen LogP contribution in [0.25, 0.3) is 0 Å². The average Bonchev–Trinajstić information content (AvgIpc) is 2.31. The van der Waals surface area contributed by atoms with Crippen LogP contribution in [-0.2, 0) is 0 Å². The van der Waals surface area contributed by atoms with Crippen LogP contribution in [-0.4, -0.2) is 34.6 Å². The Morgan fingerprint density at radius 1 is 1.53 bits per heavy atom. The summed E-state index contributed by atoms with van der Waals surface area (Å²) in [5.41, 5.74) is 0. The molecule has 82 valence electrons. The molecule has 0 aromatic carbocycles. The highest BCUT2D eigenvalue weighted by Crippen LogP contribution is 2.26. The van der Waals surface area contributed by atoms with Crippen LogP contribution in [0.4, 0.5) is 0 Å². The summed E-state index contributed by atoms with van der Waals surface area (Å²) in [6, 6.07) is 2.00. The highest BCUT2D eigenvalue weighted by atomic mass is 32.2. The molecule has 0 aliphatic carbocycles. The Kier molecular flexibility index (Phi) is 4.29. The third kappa shape index (κ3) is 3.36. The Balaban J connectivity index is 1.96. The van der Waals surface area contributed by atoms with Gasteiger partial charge in [0.1, 0.15) is 5.03 Å². The van der Waals surface area contributed by atoms with E-state index in [4.69, 9.17) is 0 Å². The van der Waals surface area contributed by atoms with Crippen molar-refractivity contribution in [3.8, 4) is 0 Å². The van der Waals surface area contributed by atoms with E-state index in [1.807, 2.05) is 30.3 Å². The van der Waals surface area contributed by atoms with Crippen LogP contribution < -0.4 is 5.32 Å². The van der Waals surface area contributed by atoms with Crippen molar-refractivity contribution in [3.63, 3.8) is 0 Å². The Labute approximate surface area is 98.9 Å². The molecule has 1 atom stereocenters. The Morgan fingerprint density at radius 3 is 3.20 bits per heavy atom. The molecule has 15 heavy (non-hydrogen) atoms. The molecular weight excluding hydrogens is 226 g/mol. The van der Waals surface area contributed by atoms with Crippen molar-refractivity contribution in [2.24, 2.45) is 0 Å². The molecule has 1 aromatic heterocycles. The number of nitrogens with zero attached hydrogens (tertiary/aromatic N) is 2. The van der Waals surface area contributed by atoms with Gasteiger partial charge in [-0.25, -0.2) is 9.97 Å². The average molecular weight is 241 g/mol. The van der Waals surface area contributed by atoms with Gasteiger partial charge < -0.3 is 5.32 Å². The fourth-order valence-electron chi connectivity index (χ4n) is 1.58. The number of nitrogens with one attached hydrogen (secondary N) is 1. The first-order valence-electron chi connectivity index (χ1n) is 5.13. The summed E-state index contributed by atoms with van der Waals surface area (Å²) in [6.07, 6.45) is 6.41. The number of rotatable bonds is 3. The van der Waals surface area contributed by atoms with Gasteiger partial charge in [0, 0.05) is 18.0 Å². The quantitative estimate of drug-likeness (QED) is 0.498. The summed E-state index contributed by atoms with van der Waals surface area (Å²) >= 11 is 3.46. The third-order valence-electron chi connectivity index (χ3n) is 2.33. The summed E-state index contributed by atoms with van der Waals surface area (Å²) < 4.78 is 0. The molecule has 0 radical (unpaired) electrons.